The van der Waals surface area contributed by atoms with Crippen molar-refractivity contribution in [3.63, 3.8) is 0 Å². The highest BCUT2D eigenvalue weighted by Gasteiger charge is 2.11. The molecule has 0 aliphatic rings. The minimum atomic E-state index is -0.130. The molecule has 0 aliphatic carbocycles. The normalized spacial score (nSPS) is 9.31. The summed E-state index contributed by atoms with van der Waals surface area (Å²) in [5.41, 5.74) is 0.651. The first-order chi connectivity index (χ1) is 6.15. The monoisotopic (exact) mass is 257 g/mol. The molecule has 0 unspecified atom stereocenters. The SMILES string of the molecule is C#CCNC(=O)c1cc(C)sc1Br. The Hall–Kier alpha value is -0.790. The van der Waals surface area contributed by atoms with Crippen LogP contribution >= 0.6 is 27.3 Å². The summed E-state index contributed by atoms with van der Waals surface area (Å²) in [6.45, 7) is 2.22. The van der Waals surface area contributed by atoms with Crippen LogP contribution in [0, 0.1) is 19.3 Å². The lowest BCUT2D eigenvalue weighted by Crippen LogP contribution is -2.23. The Kier molecular flexibility index (Phi) is 3.52. The predicted molar refractivity (Wildman–Crippen MR) is 57.9 cm³/mol. The zero-order chi connectivity index (χ0) is 9.84. The van der Waals surface area contributed by atoms with E-state index in [2.05, 4.69) is 27.2 Å². The molecule has 0 bridgehead atoms. The Morgan fingerprint density at radius 1 is 1.85 bits per heavy atom. The first kappa shape index (κ1) is 10.3. The first-order valence-corrected chi connectivity index (χ1v) is 5.23. The predicted octanol–water partition coefficient (Wildman–Crippen LogP) is 2.18. The molecule has 0 saturated heterocycles. The molecule has 1 heterocycles. The largest absolute Gasteiger partial charge is 0.341 e. The minimum absolute atomic E-state index is 0.130. The van der Waals surface area contributed by atoms with Crippen LogP contribution in [0.5, 0.6) is 0 Å². The number of amides is 1. The summed E-state index contributed by atoms with van der Waals surface area (Å²) in [6.07, 6.45) is 5.02. The van der Waals surface area contributed by atoms with Crippen molar-refractivity contribution in [1.29, 1.82) is 0 Å². The molecule has 0 saturated carbocycles. The third-order valence-electron chi connectivity index (χ3n) is 1.41. The van der Waals surface area contributed by atoms with Gasteiger partial charge in [-0.3, -0.25) is 4.79 Å². The Morgan fingerprint density at radius 3 is 3.00 bits per heavy atom. The van der Waals surface area contributed by atoms with Crippen molar-refractivity contribution in [3.8, 4) is 12.3 Å². The number of terminal acetylenes is 1. The molecule has 1 aromatic rings. The van der Waals surface area contributed by atoms with Crippen LogP contribution in [-0.2, 0) is 0 Å². The summed E-state index contributed by atoms with van der Waals surface area (Å²) < 4.78 is 0.847. The van der Waals surface area contributed by atoms with E-state index in [0.717, 1.165) is 8.66 Å². The van der Waals surface area contributed by atoms with Gasteiger partial charge < -0.3 is 5.32 Å². The van der Waals surface area contributed by atoms with E-state index in [0.29, 0.717) is 5.56 Å². The van der Waals surface area contributed by atoms with Gasteiger partial charge in [-0.25, -0.2) is 0 Å². The molecule has 4 heteroatoms. The van der Waals surface area contributed by atoms with Gasteiger partial charge in [-0.2, -0.15) is 0 Å². The molecule has 0 aromatic carbocycles. The third kappa shape index (κ3) is 2.58. The maximum atomic E-state index is 11.4. The summed E-state index contributed by atoms with van der Waals surface area (Å²) in [5.74, 6) is 2.22. The number of carbonyl (C=O) groups excluding carboxylic acids is 1. The van der Waals surface area contributed by atoms with E-state index in [1.54, 1.807) is 0 Å². The Morgan fingerprint density at radius 2 is 2.54 bits per heavy atom. The maximum absolute atomic E-state index is 11.4. The van der Waals surface area contributed by atoms with Gasteiger partial charge in [0.05, 0.1) is 15.9 Å². The number of carbonyl (C=O) groups is 1. The van der Waals surface area contributed by atoms with Crippen LogP contribution in [0.15, 0.2) is 9.85 Å². The van der Waals surface area contributed by atoms with E-state index in [4.69, 9.17) is 6.42 Å². The molecule has 2 nitrogen and oxygen atoms in total. The van der Waals surface area contributed by atoms with Crippen molar-refractivity contribution in [2.24, 2.45) is 0 Å². The molecule has 1 N–H and O–H groups in total. The summed E-state index contributed by atoms with van der Waals surface area (Å²) in [7, 11) is 0. The van der Waals surface area contributed by atoms with E-state index in [1.807, 2.05) is 13.0 Å². The second kappa shape index (κ2) is 4.45. The molecular weight excluding hydrogens is 250 g/mol. The van der Waals surface area contributed by atoms with Crippen LogP contribution in [0.4, 0.5) is 0 Å². The van der Waals surface area contributed by atoms with Crippen molar-refractivity contribution < 1.29 is 4.79 Å². The highest BCUT2D eigenvalue weighted by molar-refractivity contribution is 9.11. The Bertz CT molecular complexity index is 364. The summed E-state index contributed by atoms with van der Waals surface area (Å²) in [6, 6.07) is 1.83. The molecule has 0 fully saturated rings. The molecule has 1 rings (SSSR count). The van der Waals surface area contributed by atoms with Gasteiger partial charge in [0.15, 0.2) is 0 Å². The van der Waals surface area contributed by atoms with Gasteiger partial charge in [0.2, 0.25) is 0 Å². The van der Waals surface area contributed by atoms with Crippen molar-refractivity contribution in [3.05, 3.63) is 20.3 Å². The average molecular weight is 258 g/mol. The molecule has 0 radical (unpaired) electrons. The molecule has 1 amide bonds. The second-order valence-electron chi connectivity index (χ2n) is 2.43. The fraction of sp³-hybridized carbons (Fsp3) is 0.222. The zero-order valence-corrected chi connectivity index (χ0v) is 9.46. The highest BCUT2D eigenvalue weighted by Crippen LogP contribution is 2.27. The van der Waals surface area contributed by atoms with E-state index in [9.17, 15) is 4.79 Å². The van der Waals surface area contributed by atoms with Crippen LogP contribution in [-0.4, -0.2) is 12.5 Å². The molecule has 68 valence electrons. The van der Waals surface area contributed by atoms with Crippen LogP contribution in [0.2, 0.25) is 0 Å². The number of aryl methyl sites for hydroxylation is 1. The van der Waals surface area contributed by atoms with Crippen LogP contribution < -0.4 is 5.32 Å². The van der Waals surface area contributed by atoms with Gasteiger partial charge in [0, 0.05) is 4.88 Å². The lowest BCUT2D eigenvalue weighted by molar-refractivity contribution is 0.0958. The van der Waals surface area contributed by atoms with E-state index in [1.165, 1.54) is 11.3 Å². The standard InChI is InChI=1S/C9H8BrNOS/c1-3-4-11-9(12)7-5-6(2)13-8(7)10/h1,5H,4H2,2H3,(H,11,12). The van der Waals surface area contributed by atoms with Crippen molar-refractivity contribution in [2.75, 3.05) is 6.54 Å². The van der Waals surface area contributed by atoms with Crippen molar-refractivity contribution >= 4 is 33.2 Å². The van der Waals surface area contributed by atoms with E-state index >= 15 is 0 Å². The number of thiophene rings is 1. The van der Waals surface area contributed by atoms with Gasteiger partial charge in [0.1, 0.15) is 0 Å². The number of hydrogen-bond acceptors (Lipinski definition) is 2. The molecular formula is C9H8BrNOS. The lowest BCUT2D eigenvalue weighted by atomic mass is 10.3. The molecule has 1 aromatic heterocycles. The van der Waals surface area contributed by atoms with Gasteiger partial charge in [-0.15, -0.1) is 17.8 Å². The summed E-state index contributed by atoms with van der Waals surface area (Å²) in [4.78, 5) is 12.5. The molecule has 0 atom stereocenters. The average Bonchev–Trinajstić information content (AvgIpc) is 2.41. The first-order valence-electron chi connectivity index (χ1n) is 3.62. The highest BCUT2D eigenvalue weighted by atomic mass is 79.9. The Balaban J connectivity index is 2.78. The second-order valence-corrected chi connectivity index (χ2v) is 5.01. The minimum Gasteiger partial charge on any atom is -0.341 e. The van der Waals surface area contributed by atoms with Crippen LogP contribution in [0.1, 0.15) is 15.2 Å². The fourth-order valence-corrected chi connectivity index (χ4v) is 2.65. The quantitative estimate of drug-likeness (QED) is 0.809. The number of rotatable bonds is 2. The lowest BCUT2D eigenvalue weighted by Gasteiger charge is -1.98. The number of nitrogens with one attached hydrogen (secondary N) is 1. The Labute approximate surface area is 89.5 Å². The smallest absolute Gasteiger partial charge is 0.254 e. The van der Waals surface area contributed by atoms with Gasteiger partial charge in [-0.1, -0.05) is 5.92 Å². The van der Waals surface area contributed by atoms with Gasteiger partial charge in [0.25, 0.3) is 5.91 Å². The fourth-order valence-electron chi connectivity index (χ4n) is 0.867. The van der Waals surface area contributed by atoms with Crippen LogP contribution in [0.3, 0.4) is 0 Å². The number of hydrogen-bond donors (Lipinski definition) is 1. The van der Waals surface area contributed by atoms with Crippen molar-refractivity contribution in [1.82, 2.24) is 5.32 Å². The summed E-state index contributed by atoms with van der Waals surface area (Å²) >= 11 is 4.85. The van der Waals surface area contributed by atoms with Crippen LogP contribution in [0.25, 0.3) is 0 Å². The van der Waals surface area contributed by atoms with Crippen molar-refractivity contribution in [2.45, 2.75) is 6.92 Å². The zero-order valence-electron chi connectivity index (χ0n) is 7.06. The topological polar surface area (TPSA) is 29.1 Å². The van der Waals surface area contributed by atoms with Gasteiger partial charge in [-0.05, 0) is 28.9 Å². The number of halogens is 1. The molecule has 13 heavy (non-hydrogen) atoms. The van der Waals surface area contributed by atoms with Gasteiger partial charge >= 0.3 is 0 Å². The molecule has 0 spiro atoms. The van der Waals surface area contributed by atoms with E-state index in [-0.39, 0.29) is 12.5 Å². The maximum Gasteiger partial charge on any atom is 0.254 e. The summed E-state index contributed by atoms with van der Waals surface area (Å²) in [5, 5.41) is 2.60. The third-order valence-corrected chi connectivity index (χ3v) is 3.16. The molecule has 0 aliphatic heterocycles. The van der Waals surface area contributed by atoms with E-state index < -0.39 is 0 Å².